The van der Waals surface area contributed by atoms with Gasteiger partial charge in [-0.1, -0.05) is 23.5 Å². The van der Waals surface area contributed by atoms with Crippen LogP contribution in [0.15, 0.2) is 18.2 Å². The van der Waals surface area contributed by atoms with Crippen LogP contribution in [0.25, 0.3) is 10.2 Å². The SMILES string of the molecule is Cc1cccc2nc(N3CCC[C@H]3C(=O)O)sc12. The van der Waals surface area contributed by atoms with Crippen LogP contribution in [-0.4, -0.2) is 28.6 Å². The van der Waals surface area contributed by atoms with Crippen LogP contribution in [0.3, 0.4) is 0 Å². The Morgan fingerprint density at radius 2 is 2.39 bits per heavy atom. The second-order valence-electron chi connectivity index (χ2n) is 4.61. The number of hydrogen-bond acceptors (Lipinski definition) is 4. The van der Waals surface area contributed by atoms with Gasteiger partial charge < -0.3 is 10.0 Å². The van der Waals surface area contributed by atoms with Crippen LogP contribution in [-0.2, 0) is 4.79 Å². The molecule has 1 atom stereocenters. The van der Waals surface area contributed by atoms with Crippen molar-refractivity contribution in [3.8, 4) is 0 Å². The zero-order chi connectivity index (χ0) is 12.7. The summed E-state index contributed by atoms with van der Waals surface area (Å²) in [5.41, 5.74) is 2.16. The first-order chi connectivity index (χ1) is 8.66. The molecule has 0 amide bonds. The van der Waals surface area contributed by atoms with Crippen molar-refractivity contribution in [2.75, 3.05) is 11.4 Å². The maximum atomic E-state index is 11.2. The van der Waals surface area contributed by atoms with E-state index in [2.05, 4.69) is 18.0 Å². The first kappa shape index (κ1) is 11.5. The van der Waals surface area contributed by atoms with Crippen molar-refractivity contribution in [2.45, 2.75) is 25.8 Å². The Morgan fingerprint density at radius 1 is 1.56 bits per heavy atom. The Morgan fingerprint density at radius 3 is 3.11 bits per heavy atom. The highest BCUT2D eigenvalue weighted by molar-refractivity contribution is 7.22. The molecule has 18 heavy (non-hydrogen) atoms. The minimum absolute atomic E-state index is 0.411. The summed E-state index contributed by atoms with van der Waals surface area (Å²) in [6, 6.07) is 5.61. The van der Waals surface area contributed by atoms with Crippen molar-refractivity contribution in [3.63, 3.8) is 0 Å². The predicted octanol–water partition coefficient (Wildman–Crippen LogP) is 2.66. The number of aliphatic carboxylic acids is 1. The van der Waals surface area contributed by atoms with Gasteiger partial charge in [0, 0.05) is 6.54 Å². The van der Waals surface area contributed by atoms with E-state index in [1.165, 1.54) is 5.56 Å². The zero-order valence-corrected chi connectivity index (χ0v) is 10.9. The van der Waals surface area contributed by atoms with Gasteiger partial charge in [-0.3, -0.25) is 0 Å². The quantitative estimate of drug-likeness (QED) is 0.904. The summed E-state index contributed by atoms with van der Waals surface area (Å²) in [4.78, 5) is 17.7. The Hall–Kier alpha value is -1.62. The molecule has 1 fully saturated rings. The van der Waals surface area contributed by atoms with E-state index in [0.717, 1.165) is 28.3 Å². The second-order valence-corrected chi connectivity index (χ2v) is 5.59. The lowest BCUT2D eigenvalue weighted by Gasteiger charge is -2.19. The van der Waals surface area contributed by atoms with Crippen LogP contribution < -0.4 is 4.90 Å². The summed E-state index contributed by atoms with van der Waals surface area (Å²) < 4.78 is 1.16. The van der Waals surface area contributed by atoms with Crippen LogP contribution in [0.5, 0.6) is 0 Å². The molecule has 0 radical (unpaired) electrons. The third-order valence-electron chi connectivity index (χ3n) is 3.38. The highest BCUT2D eigenvalue weighted by atomic mass is 32.1. The Balaban J connectivity index is 2.04. The van der Waals surface area contributed by atoms with Crippen molar-refractivity contribution in [3.05, 3.63) is 23.8 Å². The third kappa shape index (κ3) is 1.75. The molecule has 1 saturated heterocycles. The molecule has 1 aromatic heterocycles. The van der Waals surface area contributed by atoms with Gasteiger partial charge in [0.1, 0.15) is 6.04 Å². The Bertz CT molecular complexity index is 608. The molecule has 1 aliphatic rings. The third-order valence-corrected chi connectivity index (χ3v) is 4.63. The van der Waals surface area contributed by atoms with Crippen LogP contribution in [0.2, 0.25) is 0 Å². The molecule has 1 N–H and O–H groups in total. The van der Waals surface area contributed by atoms with E-state index in [9.17, 15) is 9.90 Å². The summed E-state index contributed by atoms with van der Waals surface area (Å²) in [5.74, 6) is -0.747. The fraction of sp³-hybridized carbons (Fsp3) is 0.385. The lowest BCUT2D eigenvalue weighted by atomic mass is 10.2. The van der Waals surface area contributed by atoms with E-state index in [4.69, 9.17) is 0 Å². The Labute approximate surface area is 109 Å². The number of carbonyl (C=O) groups is 1. The first-order valence-corrected chi connectivity index (χ1v) is 6.84. The molecule has 0 bridgehead atoms. The summed E-state index contributed by atoms with van der Waals surface area (Å²) in [5, 5.41) is 10.0. The molecule has 0 aliphatic carbocycles. The van der Waals surface area contributed by atoms with E-state index in [1.54, 1.807) is 11.3 Å². The highest BCUT2D eigenvalue weighted by Crippen LogP contribution is 2.34. The van der Waals surface area contributed by atoms with Crippen LogP contribution in [0.1, 0.15) is 18.4 Å². The molecule has 5 heteroatoms. The van der Waals surface area contributed by atoms with Gasteiger partial charge in [0.05, 0.1) is 10.2 Å². The van der Waals surface area contributed by atoms with Gasteiger partial charge in [-0.15, -0.1) is 0 Å². The summed E-state index contributed by atoms with van der Waals surface area (Å²) in [6.45, 7) is 2.85. The number of thiazole rings is 1. The Kier molecular flexibility index (Phi) is 2.70. The molecule has 4 nitrogen and oxygen atoms in total. The molecule has 0 saturated carbocycles. The molecular formula is C13H14N2O2S. The van der Waals surface area contributed by atoms with Crippen LogP contribution in [0.4, 0.5) is 5.13 Å². The number of aromatic nitrogens is 1. The van der Waals surface area contributed by atoms with Gasteiger partial charge in [0.25, 0.3) is 0 Å². The summed E-state index contributed by atoms with van der Waals surface area (Å²) in [7, 11) is 0. The molecule has 94 valence electrons. The number of carboxylic acid groups (broad SMARTS) is 1. The molecule has 1 aromatic carbocycles. The van der Waals surface area contributed by atoms with E-state index < -0.39 is 12.0 Å². The van der Waals surface area contributed by atoms with E-state index in [-0.39, 0.29) is 0 Å². The normalized spacial score (nSPS) is 19.6. The minimum atomic E-state index is -0.747. The van der Waals surface area contributed by atoms with Crippen molar-refractivity contribution < 1.29 is 9.90 Å². The highest BCUT2D eigenvalue weighted by Gasteiger charge is 2.32. The molecule has 0 spiro atoms. The number of rotatable bonds is 2. The lowest BCUT2D eigenvalue weighted by Crippen LogP contribution is -2.35. The topological polar surface area (TPSA) is 53.4 Å². The van der Waals surface area contributed by atoms with Gasteiger partial charge in [-0.2, -0.15) is 0 Å². The average molecular weight is 262 g/mol. The molecule has 3 rings (SSSR count). The second kappa shape index (κ2) is 4.24. The molecule has 0 unspecified atom stereocenters. The van der Waals surface area contributed by atoms with Crippen molar-refractivity contribution >= 4 is 32.7 Å². The first-order valence-electron chi connectivity index (χ1n) is 6.02. The fourth-order valence-electron chi connectivity index (χ4n) is 2.45. The standard InChI is InChI=1S/C13H14N2O2S/c1-8-4-2-5-9-11(8)18-13(14-9)15-7-3-6-10(15)12(16)17/h2,4-5,10H,3,6-7H2,1H3,(H,16,17)/t10-/m0/s1. The molecule has 2 heterocycles. The van der Waals surface area contributed by atoms with Crippen LogP contribution in [0, 0.1) is 6.92 Å². The van der Waals surface area contributed by atoms with Crippen molar-refractivity contribution in [1.82, 2.24) is 4.98 Å². The maximum Gasteiger partial charge on any atom is 0.326 e. The zero-order valence-electron chi connectivity index (χ0n) is 10.1. The largest absolute Gasteiger partial charge is 0.480 e. The summed E-state index contributed by atoms with van der Waals surface area (Å²) >= 11 is 1.59. The lowest BCUT2D eigenvalue weighted by molar-refractivity contribution is -0.138. The van der Waals surface area contributed by atoms with E-state index >= 15 is 0 Å². The summed E-state index contributed by atoms with van der Waals surface area (Å²) in [6.07, 6.45) is 1.64. The number of anilines is 1. The predicted molar refractivity (Wildman–Crippen MR) is 72.4 cm³/mol. The fourth-order valence-corrected chi connectivity index (χ4v) is 3.56. The van der Waals surface area contributed by atoms with Gasteiger partial charge in [0.15, 0.2) is 5.13 Å². The number of carboxylic acids is 1. The van der Waals surface area contributed by atoms with Gasteiger partial charge in [-0.25, -0.2) is 9.78 Å². The van der Waals surface area contributed by atoms with Gasteiger partial charge >= 0.3 is 5.97 Å². The monoisotopic (exact) mass is 262 g/mol. The minimum Gasteiger partial charge on any atom is -0.480 e. The maximum absolute atomic E-state index is 11.2. The molecule has 1 aliphatic heterocycles. The number of benzene rings is 1. The van der Waals surface area contributed by atoms with Crippen LogP contribution >= 0.6 is 11.3 Å². The molecule has 2 aromatic rings. The number of fused-ring (bicyclic) bond motifs is 1. The number of nitrogens with zero attached hydrogens (tertiary/aromatic N) is 2. The van der Waals surface area contributed by atoms with Gasteiger partial charge in [-0.05, 0) is 31.4 Å². The van der Waals surface area contributed by atoms with E-state index in [0.29, 0.717) is 6.42 Å². The smallest absolute Gasteiger partial charge is 0.326 e. The average Bonchev–Trinajstić information content (AvgIpc) is 2.95. The van der Waals surface area contributed by atoms with Gasteiger partial charge in [0.2, 0.25) is 0 Å². The van der Waals surface area contributed by atoms with E-state index in [1.807, 2.05) is 17.0 Å². The van der Waals surface area contributed by atoms with Crippen molar-refractivity contribution in [2.24, 2.45) is 0 Å². The van der Waals surface area contributed by atoms with Crippen molar-refractivity contribution in [1.29, 1.82) is 0 Å². The molecular weight excluding hydrogens is 248 g/mol. The number of aryl methyl sites for hydroxylation is 1. The number of hydrogen-bond donors (Lipinski definition) is 1.